The summed E-state index contributed by atoms with van der Waals surface area (Å²) < 4.78 is 1.91. The molecule has 5 nitrogen and oxygen atoms in total. The van der Waals surface area contributed by atoms with Gasteiger partial charge >= 0.3 is 0 Å². The second-order valence-electron chi connectivity index (χ2n) is 7.06. The number of amides is 1. The van der Waals surface area contributed by atoms with Gasteiger partial charge in [0.25, 0.3) is 0 Å². The number of carbonyl (C=O) groups excluding carboxylic acids is 1. The molecule has 5 heteroatoms. The second kappa shape index (κ2) is 6.40. The third-order valence-electron chi connectivity index (χ3n) is 5.57. The third kappa shape index (κ3) is 3.08. The topological polar surface area (TPSA) is 59.0 Å². The van der Waals surface area contributed by atoms with Gasteiger partial charge in [-0.05, 0) is 55.0 Å². The molecule has 126 valence electrons. The summed E-state index contributed by atoms with van der Waals surface area (Å²) in [7, 11) is 0. The highest BCUT2D eigenvalue weighted by atomic mass is 16.2. The number of carbonyl (C=O) groups is 1. The predicted molar refractivity (Wildman–Crippen MR) is 92.3 cm³/mol. The van der Waals surface area contributed by atoms with Crippen molar-refractivity contribution in [3.63, 3.8) is 0 Å². The van der Waals surface area contributed by atoms with Gasteiger partial charge in [0, 0.05) is 24.9 Å². The molecule has 1 spiro atoms. The highest BCUT2D eigenvalue weighted by molar-refractivity contribution is 5.82. The van der Waals surface area contributed by atoms with E-state index in [4.69, 9.17) is 0 Å². The van der Waals surface area contributed by atoms with E-state index >= 15 is 0 Å². The molecule has 2 heterocycles. The van der Waals surface area contributed by atoms with Crippen LogP contribution in [0.25, 0.3) is 0 Å². The number of rotatable bonds is 5. The first-order chi connectivity index (χ1) is 11.8. The highest BCUT2D eigenvalue weighted by Crippen LogP contribution is 2.58. The lowest BCUT2D eigenvalue weighted by Gasteiger charge is -2.23. The van der Waals surface area contributed by atoms with Crippen LogP contribution in [-0.2, 0) is 17.9 Å². The molecule has 1 saturated carbocycles. The maximum absolute atomic E-state index is 12.5. The van der Waals surface area contributed by atoms with Crippen LogP contribution < -0.4 is 10.6 Å². The Balaban J connectivity index is 1.37. The molecule has 1 atom stereocenters. The number of benzene rings is 1. The number of nitrogens with one attached hydrogen (secondary N) is 2. The lowest BCUT2D eigenvalue weighted by Crippen LogP contribution is -2.33. The molecule has 2 fully saturated rings. The predicted octanol–water partition coefficient (Wildman–Crippen LogP) is 1.94. The first-order valence-corrected chi connectivity index (χ1v) is 8.79. The second-order valence-corrected chi connectivity index (χ2v) is 7.06. The minimum absolute atomic E-state index is 0.220. The molecule has 2 aliphatic rings. The fourth-order valence-corrected chi connectivity index (χ4v) is 3.95. The Morgan fingerprint density at radius 1 is 1.25 bits per heavy atom. The smallest absolute Gasteiger partial charge is 0.223 e. The SMILES string of the molecule is O=C(NCc1ccccc1Cn1cccn1)C1CC12CCNCC2. The summed E-state index contributed by atoms with van der Waals surface area (Å²) in [6.45, 7) is 3.44. The molecular weight excluding hydrogens is 300 g/mol. The Morgan fingerprint density at radius 2 is 2.04 bits per heavy atom. The molecule has 24 heavy (non-hydrogen) atoms. The summed E-state index contributed by atoms with van der Waals surface area (Å²) in [5.74, 6) is 0.448. The van der Waals surface area contributed by atoms with Crippen molar-refractivity contribution in [2.24, 2.45) is 11.3 Å². The molecular formula is C19H24N4O. The number of aromatic nitrogens is 2. The van der Waals surface area contributed by atoms with Gasteiger partial charge in [0.1, 0.15) is 0 Å². The molecule has 1 aliphatic carbocycles. The van der Waals surface area contributed by atoms with Crippen LogP contribution in [0.5, 0.6) is 0 Å². The number of piperidine rings is 1. The van der Waals surface area contributed by atoms with Gasteiger partial charge in [0.2, 0.25) is 5.91 Å². The molecule has 1 aliphatic heterocycles. The quantitative estimate of drug-likeness (QED) is 0.884. The zero-order valence-corrected chi connectivity index (χ0v) is 13.9. The van der Waals surface area contributed by atoms with E-state index in [0.29, 0.717) is 12.0 Å². The molecule has 2 N–H and O–H groups in total. The van der Waals surface area contributed by atoms with Crippen LogP contribution >= 0.6 is 0 Å². The summed E-state index contributed by atoms with van der Waals surface area (Å²) in [6, 6.07) is 10.2. The number of hydrogen-bond donors (Lipinski definition) is 2. The summed E-state index contributed by atoms with van der Waals surface area (Å²) >= 11 is 0. The van der Waals surface area contributed by atoms with Crippen LogP contribution in [-0.4, -0.2) is 28.8 Å². The van der Waals surface area contributed by atoms with Gasteiger partial charge in [-0.3, -0.25) is 9.48 Å². The van der Waals surface area contributed by atoms with Crippen molar-refractivity contribution in [1.82, 2.24) is 20.4 Å². The molecule has 1 aromatic carbocycles. The third-order valence-corrected chi connectivity index (χ3v) is 5.57. The van der Waals surface area contributed by atoms with E-state index in [0.717, 1.165) is 38.9 Å². The van der Waals surface area contributed by atoms with Gasteiger partial charge in [-0.25, -0.2) is 0 Å². The monoisotopic (exact) mass is 324 g/mol. The first-order valence-electron chi connectivity index (χ1n) is 8.79. The van der Waals surface area contributed by atoms with E-state index < -0.39 is 0 Å². The van der Waals surface area contributed by atoms with Gasteiger partial charge in [-0.1, -0.05) is 24.3 Å². The van der Waals surface area contributed by atoms with Crippen molar-refractivity contribution in [2.75, 3.05) is 13.1 Å². The summed E-state index contributed by atoms with van der Waals surface area (Å²) in [5.41, 5.74) is 2.67. The first kappa shape index (κ1) is 15.4. The van der Waals surface area contributed by atoms with Crippen molar-refractivity contribution in [3.8, 4) is 0 Å². The van der Waals surface area contributed by atoms with E-state index in [9.17, 15) is 4.79 Å². The van der Waals surface area contributed by atoms with Gasteiger partial charge < -0.3 is 10.6 Å². The molecule has 1 aromatic heterocycles. The average molecular weight is 324 g/mol. The molecule has 0 radical (unpaired) electrons. The van der Waals surface area contributed by atoms with Crippen LogP contribution in [0.4, 0.5) is 0 Å². The van der Waals surface area contributed by atoms with Crippen LogP contribution in [0, 0.1) is 11.3 Å². The molecule has 1 amide bonds. The summed E-state index contributed by atoms with van der Waals surface area (Å²) in [5, 5.41) is 10.8. The average Bonchev–Trinajstić information content (AvgIpc) is 3.05. The largest absolute Gasteiger partial charge is 0.352 e. The fraction of sp³-hybridized carbons (Fsp3) is 0.474. The van der Waals surface area contributed by atoms with Crippen LogP contribution in [0.1, 0.15) is 30.4 Å². The van der Waals surface area contributed by atoms with Crippen molar-refractivity contribution < 1.29 is 4.79 Å². The van der Waals surface area contributed by atoms with E-state index in [2.05, 4.69) is 27.9 Å². The van der Waals surface area contributed by atoms with Crippen molar-refractivity contribution in [2.45, 2.75) is 32.4 Å². The highest BCUT2D eigenvalue weighted by Gasteiger charge is 2.57. The summed E-state index contributed by atoms with van der Waals surface area (Å²) in [4.78, 5) is 12.5. The van der Waals surface area contributed by atoms with E-state index in [1.807, 2.05) is 29.1 Å². The summed E-state index contributed by atoms with van der Waals surface area (Å²) in [6.07, 6.45) is 7.09. The number of hydrogen-bond acceptors (Lipinski definition) is 3. The zero-order valence-electron chi connectivity index (χ0n) is 13.9. The lowest BCUT2D eigenvalue weighted by molar-refractivity contribution is -0.123. The normalized spacial score (nSPS) is 21.6. The molecule has 2 aromatic rings. The lowest BCUT2D eigenvalue weighted by atomic mass is 9.92. The molecule has 4 rings (SSSR count). The maximum Gasteiger partial charge on any atom is 0.223 e. The Morgan fingerprint density at radius 3 is 2.79 bits per heavy atom. The van der Waals surface area contributed by atoms with E-state index in [-0.39, 0.29) is 11.8 Å². The zero-order chi connectivity index (χ0) is 16.4. The minimum atomic E-state index is 0.220. The Labute approximate surface area is 142 Å². The van der Waals surface area contributed by atoms with E-state index in [1.54, 1.807) is 6.20 Å². The van der Waals surface area contributed by atoms with Gasteiger partial charge in [0.05, 0.1) is 6.54 Å². The van der Waals surface area contributed by atoms with Crippen molar-refractivity contribution in [3.05, 3.63) is 53.9 Å². The Bertz CT molecular complexity index is 704. The van der Waals surface area contributed by atoms with E-state index in [1.165, 1.54) is 11.1 Å². The fourth-order valence-electron chi connectivity index (χ4n) is 3.95. The van der Waals surface area contributed by atoms with Crippen molar-refractivity contribution >= 4 is 5.91 Å². The Hall–Kier alpha value is -2.14. The van der Waals surface area contributed by atoms with Crippen LogP contribution in [0.2, 0.25) is 0 Å². The van der Waals surface area contributed by atoms with Crippen LogP contribution in [0.15, 0.2) is 42.7 Å². The van der Waals surface area contributed by atoms with Gasteiger partial charge in [-0.15, -0.1) is 0 Å². The van der Waals surface area contributed by atoms with Gasteiger partial charge in [-0.2, -0.15) is 5.10 Å². The Kier molecular flexibility index (Phi) is 4.10. The number of nitrogens with zero attached hydrogens (tertiary/aromatic N) is 2. The molecule has 1 unspecified atom stereocenters. The van der Waals surface area contributed by atoms with Crippen molar-refractivity contribution in [1.29, 1.82) is 0 Å². The maximum atomic E-state index is 12.5. The molecule has 0 bridgehead atoms. The van der Waals surface area contributed by atoms with Crippen LogP contribution in [0.3, 0.4) is 0 Å². The standard InChI is InChI=1S/C19H24N4O/c24-18(17-12-19(17)6-9-20-10-7-19)21-13-15-4-1-2-5-16(15)14-23-11-3-8-22-23/h1-5,8,11,17,20H,6-7,9-10,12-14H2,(H,21,24). The van der Waals surface area contributed by atoms with Gasteiger partial charge in [0.15, 0.2) is 0 Å². The molecule has 1 saturated heterocycles. The minimum Gasteiger partial charge on any atom is -0.352 e.